The van der Waals surface area contributed by atoms with E-state index < -0.39 is 0 Å². The first-order valence-electron chi connectivity index (χ1n) is 20.4. The van der Waals surface area contributed by atoms with Crippen molar-refractivity contribution in [1.29, 1.82) is 0 Å². The summed E-state index contributed by atoms with van der Waals surface area (Å²) in [6.07, 6.45) is 12.7. The smallest absolute Gasteiger partial charge is 0.0126 e. The maximum atomic E-state index is 2.58. The summed E-state index contributed by atoms with van der Waals surface area (Å²) in [5.41, 5.74) is 2.01. The Kier molecular flexibility index (Phi) is 19.8. The highest BCUT2D eigenvalue weighted by atomic mass is 15.3. The van der Waals surface area contributed by atoms with E-state index in [0.29, 0.717) is 27.7 Å². The number of piperazine rings is 1. The minimum absolute atomic E-state index is 0.362. The van der Waals surface area contributed by atoms with E-state index in [1.54, 1.807) is 0 Å². The van der Waals surface area contributed by atoms with Gasteiger partial charge in [-0.2, -0.15) is 0 Å². The van der Waals surface area contributed by atoms with Gasteiger partial charge in [0.1, 0.15) is 0 Å². The largest absolute Gasteiger partial charge is 0.304 e. The lowest BCUT2D eigenvalue weighted by molar-refractivity contribution is 0.0690. The zero-order chi connectivity index (χ0) is 36.8. The van der Waals surface area contributed by atoms with E-state index in [2.05, 4.69) is 140 Å². The fraction of sp³-hybridized carbons (Fsp3) is 1.00. The molecule has 0 saturated carbocycles. The Morgan fingerprint density at radius 1 is 0.229 bits per heavy atom. The van der Waals surface area contributed by atoms with Crippen LogP contribution in [0.1, 0.15) is 162 Å². The van der Waals surface area contributed by atoms with Crippen molar-refractivity contribution in [3.8, 4) is 0 Å². The van der Waals surface area contributed by atoms with Crippen molar-refractivity contribution in [2.75, 3.05) is 85.6 Å². The SMILES string of the molecule is CC(C)(C)N1CCC1.CC(C)(C)N1CCCC1.CC(C)(C)N1CCCCC1.CC(C)(C)N1CCCCC1.CN1CCN(C(C)(C)C)CC1. The predicted octanol–water partition coefficient (Wildman–Crippen LogP) is 8.95. The zero-order valence-electron chi connectivity index (χ0n) is 36.0. The second kappa shape index (κ2) is 20.7. The van der Waals surface area contributed by atoms with Gasteiger partial charge >= 0.3 is 0 Å². The molecule has 48 heavy (non-hydrogen) atoms. The van der Waals surface area contributed by atoms with Crippen LogP contribution in [0.5, 0.6) is 0 Å². The van der Waals surface area contributed by atoms with Crippen LogP contribution in [0.3, 0.4) is 0 Å². The highest BCUT2D eigenvalue weighted by Crippen LogP contribution is 2.22. The van der Waals surface area contributed by atoms with Crippen molar-refractivity contribution in [2.45, 2.75) is 189 Å². The van der Waals surface area contributed by atoms with Crippen LogP contribution in [-0.4, -0.2) is 143 Å². The van der Waals surface area contributed by atoms with E-state index >= 15 is 0 Å². The van der Waals surface area contributed by atoms with Gasteiger partial charge in [0.2, 0.25) is 0 Å². The van der Waals surface area contributed by atoms with Gasteiger partial charge in [-0.05, 0) is 208 Å². The predicted molar refractivity (Wildman–Crippen MR) is 216 cm³/mol. The minimum Gasteiger partial charge on any atom is -0.304 e. The van der Waals surface area contributed by atoms with Crippen molar-refractivity contribution >= 4 is 0 Å². The monoisotopic (exact) mass is 679 g/mol. The maximum absolute atomic E-state index is 2.58. The summed E-state index contributed by atoms with van der Waals surface area (Å²) in [4.78, 5) is 15.1. The van der Waals surface area contributed by atoms with Crippen molar-refractivity contribution < 1.29 is 0 Å². The Bertz CT molecular complexity index is 764. The number of piperidine rings is 2. The second-order valence-electron chi connectivity index (χ2n) is 20.3. The standard InChI is InChI=1S/C9H20N2.2C9H19N.C8H17N.C7H15N/c1-9(2,3)11-7-5-10(4)6-8-11;2*1-9(2,3)10-7-5-4-6-8-10;1-8(2,3)9-6-4-5-7-9;1-7(2,3)8-5-4-6-8/h5-8H2,1-4H3;2*4-8H2,1-3H3;4-7H2,1-3H3;4-6H2,1-3H3. The maximum Gasteiger partial charge on any atom is 0.0126 e. The summed E-state index contributed by atoms with van der Waals surface area (Å²) in [5.74, 6) is 0. The molecule has 0 bridgehead atoms. The van der Waals surface area contributed by atoms with Crippen LogP contribution in [0.2, 0.25) is 0 Å². The number of likely N-dealkylation sites (tertiary alicyclic amines) is 4. The summed E-state index contributed by atoms with van der Waals surface area (Å²) in [6.45, 7) is 49.7. The molecule has 5 fully saturated rings. The quantitative estimate of drug-likeness (QED) is 0.253. The Balaban J connectivity index is 0.000000301. The molecule has 6 nitrogen and oxygen atoms in total. The third-order valence-corrected chi connectivity index (χ3v) is 10.9. The molecule has 0 unspecified atom stereocenters. The first kappa shape index (κ1) is 45.8. The molecule has 0 atom stereocenters. The molecular formula is C42H90N6. The second-order valence-corrected chi connectivity index (χ2v) is 20.3. The third kappa shape index (κ3) is 19.4. The Morgan fingerprint density at radius 2 is 0.417 bits per heavy atom. The minimum atomic E-state index is 0.362. The number of hydrogen-bond acceptors (Lipinski definition) is 6. The van der Waals surface area contributed by atoms with Crippen LogP contribution in [0.4, 0.5) is 0 Å². The van der Waals surface area contributed by atoms with E-state index in [1.807, 2.05) is 0 Å². The summed E-state index contributed by atoms with van der Waals surface area (Å²) in [6, 6.07) is 0. The van der Waals surface area contributed by atoms with E-state index in [1.165, 1.54) is 136 Å². The van der Waals surface area contributed by atoms with Crippen LogP contribution < -0.4 is 0 Å². The normalized spacial score (nSPS) is 23.2. The molecule has 0 N–H and O–H groups in total. The topological polar surface area (TPSA) is 19.4 Å². The molecule has 0 aromatic heterocycles. The number of hydrogen-bond donors (Lipinski definition) is 0. The lowest BCUT2D eigenvalue weighted by atomic mass is 10.0. The molecule has 0 amide bonds. The molecule has 5 aliphatic heterocycles. The highest BCUT2D eigenvalue weighted by molar-refractivity contribution is 4.83. The first-order valence-corrected chi connectivity index (χ1v) is 20.4. The van der Waals surface area contributed by atoms with Crippen molar-refractivity contribution in [3.05, 3.63) is 0 Å². The molecule has 0 radical (unpaired) electrons. The van der Waals surface area contributed by atoms with Gasteiger partial charge in [0, 0.05) is 53.9 Å². The lowest BCUT2D eigenvalue weighted by Crippen LogP contribution is -2.52. The average Bonchev–Trinajstić information content (AvgIpc) is 3.49. The molecule has 0 aliphatic carbocycles. The highest BCUT2D eigenvalue weighted by Gasteiger charge is 2.27. The molecule has 5 saturated heterocycles. The molecule has 0 aromatic rings. The fourth-order valence-electron chi connectivity index (χ4n) is 6.98. The number of likely N-dealkylation sites (N-methyl/N-ethyl adjacent to an activating group) is 1. The van der Waals surface area contributed by atoms with E-state index in [0.717, 1.165) is 0 Å². The Labute approximate surface area is 303 Å². The summed E-state index contributed by atoms with van der Waals surface area (Å²) in [5, 5.41) is 0. The van der Waals surface area contributed by atoms with Crippen molar-refractivity contribution in [2.24, 2.45) is 0 Å². The van der Waals surface area contributed by atoms with Gasteiger partial charge in [-0.3, -0.25) is 24.5 Å². The van der Waals surface area contributed by atoms with Crippen LogP contribution in [-0.2, 0) is 0 Å². The molecule has 0 aromatic carbocycles. The third-order valence-electron chi connectivity index (χ3n) is 10.9. The molecule has 5 rings (SSSR count). The van der Waals surface area contributed by atoms with Gasteiger partial charge < -0.3 is 4.90 Å². The zero-order valence-corrected chi connectivity index (χ0v) is 36.0. The van der Waals surface area contributed by atoms with Crippen molar-refractivity contribution in [3.63, 3.8) is 0 Å². The molecule has 6 heteroatoms. The summed E-state index contributed by atoms with van der Waals surface area (Å²) < 4.78 is 0. The lowest BCUT2D eigenvalue weighted by Gasteiger charge is -2.42. The van der Waals surface area contributed by atoms with E-state index in [-0.39, 0.29) is 0 Å². The first-order chi connectivity index (χ1) is 21.9. The van der Waals surface area contributed by atoms with Gasteiger partial charge in [-0.1, -0.05) is 12.8 Å². The number of nitrogens with zero attached hydrogens (tertiary/aromatic N) is 6. The van der Waals surface area contributed by atoms with Gasteiger partial charge in [-0.25, -0.2) is 0 Å². The molecule has 288 valence electrons. The summed E-state index contributed by atoms with van der Waals surface area (Å²) in [7, 11) is 2.19. The van der Waals surface area contributed by atoms with E-state index in [4.69, 9.17) is 0 Å². The van der Waals surface area contributed by atoms with Crippen molar-refractivity contribution in [1.82, 2.24) is 29.4 Å². The van der Waals surface area contributed by atoms with Crippen LogP contribution in [0, 0.1) is 0 Å². The summed E-state index contributed by atoms with van der Waals surface area (Å²) >= 11 is 0. The molecule has 0 spiro atoms. The molecule has 5 aliphatic rings. The molecular weight excluding hydrogens is 589 g/mol. The Morgan fingerprint density at radius 3 is 0.583 bits per heavy atom. The van der Waals surface area contributed by atoms with Crippen LogP contribution >= 0.6 is 0 Å². The molecule has 5 heterocycles. The average molecular weight is 679 g/mol. The van der Waals surface area contributed by atoms with Gasteiger partial charge in [0.15, 0.2) is 0 Å². The van der Waals surface area contributed by atoms with Gasteiger partial charge in [0.05, 0.1) is 0 Å². The number of rotatable bonds is 0. The fourth-order valence-corrected chi connectivity index (χ4v) is 6.98. The Hall–Kier alpha value is -0.240. The van der Waals surface area contributed by atoms with E-state index in [9.17, 15) is 0 Å². The van der Waals surface area contributed by atoms with Gasteiger partial charge in [-0.15, -0.1) is 0 Å². The van der Waals surface area contributed by atoms with Crippen LogP contribution in [0.25, 0.3) is 0 Å². The van der Waals surface area contributed by atoms with Gasteiger partial charge in [0.25, 0.3) is 0 Å². The van der Waals surface area contributed by atoms with Crippen LogP contribution in [0.15, 0.2) is 0 Å².